The van der Waals surface area contributed by atoms with Crippen molar-refractivity contribution < 1.29 is 17.9 Å². The molecule has 1 heterocycles. The van der Waals surface area contributed by atoms with E-state index >= 15 is 0 Å². The molecule has 0 spiro atoms. The molecule has 1 amide bonds. The van der Waals surface area contributed by atoms with Crippen molar-refractivity contribution in [2.24, 2.45) is 0 Å². The molecule has 3 aromatic rings. The summed E-state index contributed by atoms with van der Waals surface area (Å²) in [7, 11) is -3.80. The zero-order chi connectivity index (χ0) is 19.9. The van der Waals surface area contributed by atoms with E-state index in [2.05, 4.69) is 5.32 Å². The minimum Gasteiger partial charge on any atom is -0.494 e. The standard InChI is InChI=1S/C21H20N2O4S/c1-3-27-17-10-6-9-16(13-17)22-21(24)14(2)23-18-11-4-7-15-8-5-12-19(20(15)18)28(23,25)26/h4-14H,3H2,1-2H3,(H,22,24). The van der Waals surface area contributed by atoms with Crippen LogP contribution in [0.25, 0.3) is 10.8 Å². The number of benzene rings is 3. The van der Waals surface area contributed by atoms with Crippen LogP contribution in [0.4, 0.5) is 11.4 Å². The Bertz CT molecular complexity index is 1170. The quantitative estimate of drug-likeness (QED) is 0.712. The van der Waals surface area contributed by atoms with Gasteiger partial charge in [0, 0.05) is 17.1 Å². The first-order valence-corrected chi connectivity index (χ1v) is 10.5. The van der Waals surface area contributed by atoms with Gasteiger partial charge in [0.2, 0.25) is 5.91 Å². The van der Waals surface area contributed by atoms with Crippen LogP contribution in [0.2, 0.25) is 0 Å². The number of ether oxygens (including phenoxy) is 1. The average molecular weight is 396 g/mol. The summed E-state index contributed by atoms with van der Waals surface area (Å²) in [6.07, 6.45) is 0. The van der Waals surface area contributed by atoms with Gasteiger partial charge in [-0.3, -0.25) is 9.10 Å². The summed E-state index contributed by atoms with van der Waals surface area (Å²) >= 11 is 0. The van der Waals surface area contributed by atoms with E-state index in [1.54, 1.807) is 55.5 Å². The maximum Gasteiger partial charge on any atom is 0.265 e. The molecule has 1 unspecified atom stereocenters. The van der Waals surface area contributed by atoms with Crippen LogP contribution in [0, 0.1) is 0 Å². The van der Waals surface area contributed by atoms with Gasteiger partial charge in [-0.1, -0.05) is 30.3 Å². The molecule has 0 aliphatic carbocycles. The minimum atomic E-state index is -3.80. The molecule has 28 heavy (non-hydrogen) atoms. The Balaban J connectivity index is 1.67. The molecule has 144 valence electrons. The average Bonchev–Trinajstić information content (AvgIpc) is 2.91. The van der Waals surface area contributed by atoms with E-state index in [4.69, 9.17) is 4.74 Å². The van der Waals surface area contributed by atoms with E-state index in [9.17, 15) is 13.2 Å². The number of amides is 1. The highest BCUT2D eigenvalue weighted by Crippen LogP contribution is 2.43. The largest absolute Gasteiger partial charge is 0.494 e. The van der Waals surface area contributed by atoms with E-state index in [-0.39, 0.29) is 4.90 Å². The third-order valence-corrected chi connectivity index (χ3v) is 6.69. The van der Waals surface area contributed by atoms with Crippen molar-refractivity contribution in [2.45, 2.75) is 24.8 Å². The summed E-state index contributed by atoms with van der Waals surface area (Å²) in [6.45, 7) is 3.98. The van der Waals surface area contributed by atoms with Gasteiger partial charge in [0.15, 0.2) is 0 Å². The lowest BCUT2D eigenvalue weighted by atomic mass is 10.1. The number of nitrogens with zero attached hydrogens (tertiary/aromatic N) is 1. The molecule has 1 aliphatic heterocycles. The van der Waals surface area contributed by atoms with Crippen molar-refractivity contribution in [2.75, 3.05) is 16.2 Å². The van der Waals surface area contributed by atoms with E-state index < -0.39 is 22.0 Å². The molecule has 0 bridgehead atoms. The highest BCUT2D eigenvalue weighted by atomic mass is 32.2. The summed E-state index contributed by atoms with van der Waals surface area (Å²) in [5, 5.41) is 4.28. The van der Waals surface area contributed by atoms with Gasteiger partial charge < -0.3 is 10.1 Å². The molecule has 0 saturated carbocycles. The van der Waals surface area contributed by atoms with Gasteiger partial charge in [0.05, 0.1) is 17.2 Å². The zero-order valence-corrected chi connectivity index (χ0v) is 16.4. The monoisotopic (exact) mass is 396 g/mol. The molecular formula is C21H20N2O4S. The van der Waals surface area contributed by atoms with Crippen LogP contribution in [0.5, 0.6) is 5.75 Å². The maximum absolute atomic E-state index is 13.1. The SMILES string of the molecule is CCOc1cccc(NC(=O)C(C)N2c3cccc4cccc(c34)S2(=O)=O)c1. The van der Waals surface area contributed by atoms with Gasteiger partial charge in [-0.15, -0.1) is 0 Å². The van der Waals surface area contributed by atoms with E-state index in [0.717, 1.165) is 5.39 Å². The van der Waals surface area contributed by atoms with Gasteiger partial charge >= 0.3 is 0 Å². The fraction of sp³-hybridized carbons (Fsp3) is 0.190. The van der Waals surface area contributed by atoms with Gasteiger partial charge in [-0.05, 0) is 43.5 Å². The first-order chi connectivity index (χ1) is 13.4. The topological polar surface area (TPSA) is 75.7 Å². The molecule has 1 N–H and O–H groups in total. The Labute approximate surface area is 163 Å². The Morgan fingerprint density at radius 1 is 1.11 bits per heavy atom. The fourth-order valence-electron chi connectivity index (χ4n) is 3.52. The summed E-state index contributed by atoms with van der Waals surface area (Å²) in [5.41, 5.74) is 1.08. The van der Waals surface area contributed by atoms with Crippen LogP contribution in [-0.4, -0.2) is 27.0 Å². The Kier molecular flexibility index (Phi) is 4.47. The van der Waals surface area contributed by atoms with E-state index in [1.807, 2.05) is 19.1 Å². The number of sulfonamides is 1. The molecule has 3 aromatic carbocycles. The number of carbonyl (C=O) groups excluding carboxylic acids is 1. The molecule has 4 rings (SSSR count). The van der Waals surface area contributed by atoms with Gasteiger partial charge in [0.25, 0.3) is 10.0 Å². The van der Waals surface area contributed by atoms with Crippen LogP contribution in [0.15, 0.2) is 65.6 Å². The van der Waals surface area contributed by atoms with E-state index in [1.165, 1.54) is 4.31 Å². The maximum atomic E-state index is 13.1. The van der Waals surface area contributed by atoms with Crippen molar-refractivity contribution in [1.82, 2.24) is 0 Å². The van der Waals surface area contributed by atoms with Crippen molar-refractivity contribution >= 4 is 38.1 Å². The zero-order valence-electron chi connectivity index (χ0n) is 15.5. The lowest BCUT2D eigenvalue weighted by Crippen LogP contribution is -2.43. The lowest BCUT2D eigenvalue weighted by molar-refractivity contribution is -0.116. The number of nitrogens with one attached hydrogen (secondary N) is 1. The second kappa shape index (κ2) is 6.83. The second-order valence-corrected chi connectivity index (χ2v) is 8.34. The molecule has 0 fully saturated rings. The minimum absolute atomic E-state index is 0.235. The lowest BCUT2D eigenvalue weighted by Gasteiger charge is -2.25. The Morgan fingerprint density at radius 3 is 2.57 bits per heavy atom. The van der Waals surface area contributed by atoms with Gasteiger partial charge in [-0.25, -0.2) is 8.42 Å². The number of rotatable bonds is 5. The molecule has 0 radical (unpaired) electrons. The molecule has 0 aromatic heterocycles. The molecule has 6 nitrogen and oxygen atoms in total. The van der Waals surface area contributed by atoms with Crippen LogP contribution < -0.4 is 14.4 Å². The van der Waals surface area contributed by atoms with Crippen LogP contribution >= 0.6 is 0 Å². The third-order valence-electron chi connectivity index (χ3n) is 4.76. The second-order valence-electron chi connectivity index (χ2n) is 6.56. The predicted octanol–water partition coefficient (Wildman–Crippen LogP) is 3.77. The van der Waals surface area contributed by atoms with Crippen molar-refractivity contribution in [3.63, 3.8) is 0 Å². The number of carbonyl (C=O) groups is 1. The van der Waals surface area contributed by atoms with E-state index in [0.29, 0.717) is 29.1 Å². The summed E-state index contributed by atoms with van der Waals surface area (Å²) in [5.74, 6) is 0.223. The van der Waals surface area contributed by atoms with Gasteiger partial charge in [-0.2, -0.15) is 0 Å². The normalized spacial score (nSPS) is 15.4. The van der Waals surface area contributed by atoms with Crippen LogP contribution in [-0.2, 0) is 14.8 Å². The first-order valence-electron chi connectivity index (χ1n) is 9.03. The number of anilines is 2. The van der Waals surface area contributed by atoms with Crippen LogP contribution in [0.3, 0.4) is 0 Å². The highest BCUT2D eigenvalue weighted by Gasteiger charge is 2.40. The fourth-order valence-corrected chi connectivity index (χ4v) is 5.39. The summed E-state index contributed by atoms with van der Waals surface area (Å²) < 4.78 is 32.9. The van der Waals surface area contributed by atoms with Crippen LogP contribution in [0.1, 0.15) is 13.8 Å². The highest BCUT2D eigenvalue weighted by molar-refractivity contribution is 7.93. The third kappa shape index (κ3) is 2.88. The molecule has 1 atom stereocenters. The Hall–Kier alpha value is -3.06. The summed E-state index contributed by atoms with van der Waals surface area (Å²) in [4.78, 5) is 13.1. The smallest absolute Gasteiger partial charge is 0.265 e. The molecule has 1 aliphatic rings. The van der Waals surface area contributed by atoms with Crippen molar-refractivity contribution in [3.05, 3.63) is 60.7 Å². The number of hydrogen-bond donors (Lipinski definition) is 1. The summed E-state index contributed by atoms with van der Waals surface area (Å²) in [6, 6.07) is 16.7. The molecular weight excluding hydrogens is 376 g/mol. The number of hydrogen-bond acceptors (Lipinski definition) is 4. The van der Waals surface area contributed by atoms with Crippen molar-refractivity contribution in [3.8, 4) is 5.75 Å². The predicted molar refractivity (Wildman–Crippen MR) is 109 cm³/mol. The molecule has 7 heteroatoms. The Morgan fingerprint density at radius 2 is 1.82 bits per heavy atom. The molecule has 0 saturated heterocycles. The first kappa shape index (κ1) is 18.3. The van der Waals surface area contributed by atoms with Gasteiger partial charge in [0.1, 0.15) is 11.8 Å². The van der Waals surface area contributed by atoms with Crippen molar-refractivity contribution in [1.29, 1.82) is 0 Å².